The van der Waals surface area contributed by atoms with E-state index in [9.17, 15) is 19.7 Å². The maximum Gasteiger partial charge on any atom is 0.338 e. The van der Waals surface area contributed by atoms with Gasteiger partial charge in [-0.05, 0) is 30.7 Å². The molecule has 0 saturated carbocycles. The number of fused-ring (bicyclic) bond motifs is 1. The molecular formula is C23H25N3O7. The van der Waals surface area contributed by atoms with Gasteiger partial charge in [0.2, 0.25) is 0 Å². The van der Waals surface area contributed by atoms with Crippen molar-refractivity contribution in [2.24, 2.45) is 0 Å². The van der Waals surface area contributed by atoms with E-state index in [-0.39, 0.29) is 29.3 Å². The highest BCUT2D eigenvalue weighted by Gasteiger charge is 2.25. The summed E-state index contributed by atoms with van der Waals surface area (Å²) in [4.78, 5) is 39.7. The number of benzene rings is 2. The molecule has 0 spiro atoms. The number of carbonyl (C=O) groups excluding carboxylic acids is 2. The Morgan fingerprint density at radius 2 is 1.70 bits per heavy atom. The Morgan fingerprint density at radius 1 is 1.00 bits per heavy atom. The number of non-ortho nitro benzene ring substituents is 1. The fraction of sp³-hybridized carbons (Fsp3) is 0.391. The SMILES string of the molecule is CCOC(=O)c1cc(C(=O)N2CCN(Cc3ccc4c(c3)OCCO4)CC2)cc([N+](=O)[O-])c1. The van der Waals surface area contributed by atoms with Gasteiger partial charge in [-0.25, -0.2) is 4.79 Å². The van der Waals surface area contributed by atoms with Crippen LogP contribution in [0.3, 0.4) is 0 Å². The van der Waals surface area contributed by atoms with Gasteiger partial charge in [0.1, 0.15) is 13.2 Å². The average Bonchev–Trinajstić information content (AvgIpc) is 2.84. The number of carbonyl (C=O) groups is 2. The number of nitro benzene ring substituents is 1. The molecule has 10 nitrogen and oxygen atoms in total. The number of piperazine rings is 1. The first-order chi connectivity index (χ1) is 15.9. The highest BCUT2D eigenvalue weighted by molar-refractivity contribution is 5.99. The fourth-order valence-electron chi connectivity index (χ4n) is 3.91. The molecular weight excluding hydrogens is 430 g/mol. The van der Waals surface area contributed by atoms with E-state index in [0.717, 1.165) is 23.1 Å². The Bertz CT molecular complexity index is 1060. The van der Waals surface area contributed by atoms with Crippen molar-refractivity contribution in [1.82, 2.24) is 9.80 Å². The molecule has 2 aliphatic heterocycles. The van der Waals surface area contributed by atoms with Crippen LogP contribution < -0.4 is 9.47 Å². The molecule has 10 heteroatoms. The summed E-state index contributed by atoms with van der Waals surface area (Å²) in [6.45, 7) is 5.83. The van der Waals surface area contributed by atoms with Crippen LogP contribution in [-0.2, 0) is 11.3 Å². The summed E-state index contributed by atoms with van der Waals surface area (Å²) < 4.78 is 16.1. The Morgan fingerprint density at radius 3 is 2.39 bits per heavy atom. The van der Waals surface area contributed by atoms with Gasteiger partial charge in [0.15, 0.2) is 11.5 Å². The van der Waals surface area contributed by atoms with E-state index >= 15 is 0 Å². The van der Waals surface area contributed by atoms with E-state index in [1.165, 1.54) is 12.1 Å². The predicted octanol–water partition coefficient (Wildman–Crippen LogP) is 2.50. The fourth-order valence-corrected chi connectivity index (χ4v) is 3.91. The summed E-state index contributed by atoms with van der Waals surface area (Å²) in [5, 5.41) is 11.3. The largest absolute Gasteiger partial charge is 0.486 e. The van der Waals surface area contributed by atoms with Crippen LogP contribution in [0.15, 0.2) is 36.4 Å². The lowest BCUT2D eigenvalue weighted by Gasteiger charge is -2.35. The van der Waals surface area contributed by atoms with Crippen LogP contribution in [0.4, 0.5) is 5.69 Å². The first-order valence-corrected chi connectivity index (χ1v) is 10.8. The van der Waals surface area contributed by atoms with Gasteiger partial charge >= 0.3 is 5.97 Å². The van der Waals surface area contributed by atoms with Gasteiger partial charge < -0.3 is 19.1 Å². The van der Waals surface area contributed by atoms with E-state index in [2.05, 4.69) is 4.90 Å². The number of esters is 1. The Hall–Kier alpha value is -3.66. The standard InChI is InChI=1S/C23H25N3O7/c1-2-31-23(28)18-12-17(13-19(14-18)26(29)30)22(27)25-7-5-24(6-8-25)15-16-3-4-20-21(11-16)33-10-9-32-20/h3-4,11-14H,2,5-10,15H2,1H3. The van der Waals surface area contributed by atoms with Crippen LogP contribution >= 0.6 is 0 Å². The summed E-state index contributed by atoms with van der Waals surface area (Å²) in [7, 11) is 0. The van der Waals surface area contributed by atoms with Crippen LogP contribution in [0.1, 0.15) is 33.2 Å². The summed E-state index contributed by atoms with van der Waals surface area (Å²) in [6.07, 6.45) is 0. The number of rotatable bonds is 6. The third-order valence-corrected chi connectivity index (χ3v) is 5.56. The van der Waals surface area contributed by atoms with Gasteiger partial charge in [-0.15, -0.1) is 0 Å². The molecule has 2 aromatic carbocycles. The Labute approximate surface area is 190 Å². The zero-order chi connectivity index (χ0) is 23.4. The van der Waals surface area contributed by atoms with Crippen molar-refractivity contribution in [1.29, 1.82) is 0 Å². The van der Waals surface area contributed by atoms with Crippen LogP contribution in [0.25, 0.3) is 0 Å². The van der Waals surface area contributed by atoms with Crippen molar-refractivity contribution >= 4 is 17.6 Å². The lowest BCUT2D eigenvalue weighted by molar-refractivity contribution is -0.384. The monoisotopic (exact) mass is 455 g/mol. The summed E-state index contributed by atoms with van der Waals surface area (Å²) in [5.41, 5.74) is 0.872. The molecule has 2 heterocycles. The van der Waals surface area contributed by atoms with Crippen molar-refractivity contribution in [2.45, 2.75) is 13.5 Å². The molecule has 2 aliphatic rings. The second-order valence-corrected chi connectivity index (χ2v) is 7.79. The zero-order valence-electron chi connectivity index (χ0n) is 18.3. The van der Waals surface area contributed by atoms with Crippen molar-refractivity contribution in [3.05, 3.63) is 63.2 Å². The summed E-state index contributed by atoms with van der Waals surface area (Å²) >= 11 is 0. The molecule has 174 valence electrons. The molecule has 0 atom stereocenters. The lowest BCUT2D eigenvalue weighted by Crippen LogP contribution is -2.48. The van der Waals surface area contributed by atoms with Gasteiger partial charge in [0, 0.05) is 50.4 Å². The van der Waals surface area contributed by atoms with Crippen LogP contribution in [0.2, 0.25) is 0 Å². The first-order valence-electron chi connectivity index (χ1n) is 10.8. The molecule has 33 heavy (non-hydrogen) atoms. The molecule has 2 aromatic rings. The smallest absolute Gasteiger partial charge is 0.338 e. The van der Waals surface area contributed by atoms with E-state index in [0.29, 0.717) is 45.9 Å². The highest BCUT2D eigenvalue weighted by Crippen LogP contribution is 2.31. The molecule has 1 fully saturated rings. The van der Waals surface area contributed by atoms with Gasteiger partial charge in [-0.2, -0.15) is 0 Å². The second kappa shape index (κ2) is 9.86. The third kappa shape index (κ3) is 5.23. The number of nitro groups is 1. The van der Waals surface area contributed by atoms with Crippen molar-refractivity contribution in [2.75, 3.05) is 46.0 Å². The van der Waals surface area contributed by atoms with Crippen LogP contribution in [-0.4, -0.2) is 72.6 Å². The topological polar surface area (TPSA) is 111 Å². The van der Waals surface area contributed by atoms with Gasteiger partial charge in [0.25, 0.3) is 11.6 Å². The molecule has 0 radical (unpaired) electrons. The first kappa shape index (κ1) is 22.5. The van der Waals surface area contributed by atoms with Crippen LogP contribution in [0.5, 0.6) is 11.5 Å². The second-order valence-electron chi connectivity index (χ2n) is 7.79. The van der Waals surface area contributed by atoms with Gasteiger partial charge in [-0.1, -0.05) is 6.07 Å². The highest BCUT2D eigenvalue weighted by atomic mass is 16.6. The molecule has 0 aromatic heterocycles. The average molecular weight is 455 g/mol. The van der Waals surface area contributed by atoms with E-state index in [4.69, 9.17) is 14.2 Å². The number of nitrogens with zero attached hydrogens (tertiary/aromatic N) is 3. The van der Waals surface area contributed by atoms with E-state index < -0.39 is 10.9 Å². The van der Waals surface area contributed by atoms with Gasteiger partial charge in [0.05, 0.1) is 17.1 Å². The van der Waals surface area contributed by atoms with Crippen molar-refractivity contribution in [3.63, 3.8) is 0 Å². The summed E-state index contributed by atoms with van der Waals surface area (Å²) in [6, 6.07) is 9.58. The molecule has 0 N–H and O–H groups in total. The molecule has 0 unspecified atom stereocenters. The van der Waals surface area contributed by atoms with Crippen molar-refractivity contribution in [3.8, 4) is 11.5 Å². The van der Waals surface area contributed by atoms with E-state index in [1.54, 1.807) is 11.8 Å². The molecule has 0 bridgehead atoms. The minimum atomic E-state index is -0.695. The zero-order valence-corrected chi connectivity index (χ0v) is 18.3. The predicted molar refractivity (Wildman–Crippen MR) is 118 cm³/mol. The maximum absolute atomic E-state index is 13.0. The molecule has 4 rings (SSSR count). The lowest BCUT2D eigenvalue weighted by atomic mass is 10.1. The maximum atomic E-state index is 13.0. The number of hydrogen-bond donors (Lipinski definition) is 0. The Kier molecular flexibility index (Phi) is 6.74. The van der Waals surface area contributed by atoms with Gasteiger partial charge in [-0.3, -0.25) is 19.8 Å². The minimum absolute atomic E-state index is 0.00774. The normalized spacial score (nSPS) is 15.7. The minimum Gasteiger partial charge on any atom is -0.486 e. The Balaban J connectivity index is 1.41. The number of amides is 1. The number of hydrogen-bond acceptors (Lipinski definition) is 8. The van der Waals surface area contributed by atoms with E-state index in [1.807, 2.05) is 18.2 Å². The molecule has 1 amide bonds. The third-order valence-electron chi connectivity index (χ3n) is 5.56. The summed E-state index contributed by atoms with van der Waals surface area (Å²) in [5.74, 6) is 0.456. The molecule has 1 saturated heterocycles. The van der Waals surface area contributed by atoms with Crippen molar-refractivity contribution < 1.29 is 28.7 Å². The number of ether oxygens (including phenoxy) is 3. The molecule has 0 aliphatic carbocycles. The quantitative estimate of drug-likeness (QED) is 0.371. The van der Waals surface area contributed by atoms with Crippen LogP contribution in [0, 0.1) is 10.1 Å².